The van der Waals surface area contributed by atoms with E-state index in [9.17, 15) is 4.79 Å². The molecular formula is C18H18Br2N2O3. The second-order valence-corrected chi connectivity index (χ2v) is 6.89. The van der Waals surface area contributed by atoms with Crippen molar-refractivity contribution >= 4 is 44.0 Å². The van der Waals surface area contributed by atoms with Gasteiger partial charge in [-0.3, -0.25) is 4.79 Å². The lowest BCUT2D eigenvalue weighted by molar-refractivity contribution is -0.127. The highest BCUT2D eigenvalue weighted by Gasteiger charge is 2.14. The summed E-state index contributed by atoms with van der Waals surface area (Å²) >= 11 is 6.76. The van der Waals surface area contributed by atoms with Crippen LogP contribution in [0.25, 0.3) is 0 Å². The van der Waals surface area contributed by atoms with E-state index in [4.69, 9.17) is 9.47 Å². The fourth-order valence-corrected chi connectivity index (χ4v) is 2.58. The van der Waals surface area contributed by atoms with Crippen molar-refractivity contribution in [3.8, 4) is 11.5 Å². The van der Waals surface area contributed by atoms with Gasteiger partial charge in [-0.1, -0.05) is 31.9 Å². The predicted molar refractivity (Wildman–Crippen MR) is 105 cm³/mol. The smallest absolute Gasteiger partial charge is 0.280 e. The van der Waals surface area contributed by atoms with Gasteiger partial charge in [0.25, 0.3) is 5.91 Å². The lowest BCUT2D eigenvalue weighted by Crippen LogP contribution is -2.33. The van der Waals surface area contributed by atoms with E-state index >= 15 is 0 Å². The van der Waals surface area contributed by atoms with Crippen molar-refractivity contribution in [1.29, 1.82) is 0 Å². The van der Waals surface area contributed by atoms with Crippen LogP contribution in [0.3, 0.4) is 0 Å². The number of benzene rings is 2. The van der Waals surface area contributed by atoms with E-state index in [-0.39, 0.29) is 5.91 Å². The predicted octanol–water partition coefficient (Wildman–Crippen LogP) is 4.53. The van der Waals surface area contributed by atoms with Crippen LogP contribution < -0.4 is 14.9 Å². The molecule has 0 saturated heterocycles. The van der Waals surface area contributed by atoms with Crippen molar-refractivity contribution < 1.29 is 14.3 Å². The van der Waals surface area contributed by atoms with Gasteiger partial charge in [0.2, 0.25) is 0 Å². The summed E-state index contributed by atoms with van der Waals surface area (Å²) in [4.78, 5) is 12.1. The summed E-state index contributed by atoms with van der Waals surface area (Å²) in [7, 11) is 0. The molecule has 0 aliphatic rings. The molecule has 2 aromatic carbocycles. The van der Waals surface area contributed by atoms with Gasteiger partial charge in [0, 0.05) is 14.5 Å². The number of hydrazone groups is 1. The van der Waals surface area contributed by atoms with E-state index in [1.165, 1.54) is 0 Å². The van der Waals surface area contributed by atoms with Gasteiger partial charge in [-0.15, -0.1) is 0 Å². The Balaban J connectivity index is 1.95. The zero-order valence-corrected chi connectivity index (χ0v) is 17.0. The lowest BCUT2D eigenvalue weighted by atomic mass is 10.2. The Morgan fingerprint density at radius 2 is 1.88 bits per heavy atom. The van der Waals surface area contributed by atoms with E-state index in [0.717, 1.165) is 14.5 Å². The molecule has 0 saturated carbocycles. The van der Waals surface area contributed by atoms with Gasteiger partial charge in [0.1, 0.15) is 11.5 Å². The van der Waals surface area contributed by atoms with Crippen LogP contribution in [0.15, 0.2) is 56.5 Å². The maximum atomic E-state index is 12.1. The third-order valence-electron chi connectivity index (χ3n) is 3.15. The van der Waals surface area contributed by atoms with Crippen molar-refractivity contribution in [2.24, 2.45) is 5.10 Å². The minimum atomic E-state index is -0.674. The molecule has 7 heteroatoms. The third-order valence-corrected chi connectivity index (χ3v) is 4.17. The van der Waals surface area contributed by atoms with E-state index in [0.29, 0.717) is 18.1 Å². The highest BCUT2D eigenvalue weighted by Crippen LogP contribution is 2.21. The van der Waals surface area contributed by atoms with Gasteiger partial charge in [0.15, 0.2) is 6.10 Å². The first-order valence-corrected chi connectivity index (χ1v) is 9.25. The van der Waals surface area contributed by atoms with Crippen LogP contribution in [-0.4, -0.2) is 24.8 Å². The van der Waals surface area contributed by atoms with E-state index in [1.54, 1.807) is 25.3 Å². The Bertz CT molecular complexity index is 748. The Kier molecular flexibility index (Phi) is 7.46. The Morgan fingerprint density at radius 1 is 1.20 bits per heavy atom. The molecule has 0 bridgehead atoms. The Labute approximate surface area is 163 Å². The standard InChI is InChI=1S/C18H18Br2N2O3/c1-3-24-17-9-6-15(20)10-13(17)11-21-22-18(23)12(2)25-16-7-4-14(19)5-8-16/h4-12H,3H2,1-2H3,(H,22,23)/t12-/m0/s1. The number of ether oxygens (including phenoxy) is 2. The summed E-state index contributed by atoms with van der Waals surface area (Å²) in [5, 5.41) is 3.99. The quantitative estimate of drug-likeness (QED) is 0.478. The number of hydrogen-bond donors (Lipinski definition) is 1. The second kappa shape index (κ2) is 9.58. The lowest BCUT2D eigenvalue weighted by Gasteiger charge is -2.13. The molecule has 0 fully saturated rings. The Morgan fingerprint density at radius 3 is 2.56 bits per heavy atom. The fourth-order valence-electron chi connectivity index (χ4n) is 1.93. The third kappa shape index (κ3) is 6.17. The van der Waals surface area contributed by atoms with Crippen LogP contribution in [0.5, 0.6) is 11.5 Å². The number of carbonyl (C=O) groups excluding carboxylic acids is 1. The molecule has 1 atom stereocenters. The highest BCUT2D eigenvalue weighted by molar-refractivity contribution is 9.10. The number of rotatable bonds is 7. The second-order valence-electron chi connectivity index (χ2n) is 5.06. The molecule has 0 spiro atoms. The molecule has 0 aromatic heterocycles. The van der Waals surface area contributed by atoms with E-state index in [2.05, 4.69) is 42.4 Å². The summed E-state index contributed by atoms with van der Waals surface area (Å²) in [6, 6.07) is 12.9. The van der Waals surface area contributed by atoms with Crippen molar-refractivity contribution in [3.63, 3.8) is 0 Å². The molecule has 0 aliphatic heterocycles. The average molecular weight is 470 g/mol. The topological polar surface area (TPSA) is 59.9 Å². The van der Waals surface area contributed by atoms with Crippen LogP contribution >= 0.6 is 31.9 Å². The molecule has 132 valence electrons. The molecule has 0 unspecified atom stereocenters. The molecule has 0 heterocycles. The summed E-state index contributed by atoms with van der Waals surface area (Å²) in [5.74, 6) is 0.968. The largest absolute Gasteiger partial charge is 0.493 e. The molecule has 0 aliphatic carbocycles. The Hall–Kier alpha value is -1.86. The zero-order valence-electron chi connectivity index (χ0n) is 13.8. The number of nitrogens with one attached hydrogen (secondary N) is 1. The zero-order chi connectivity index (χ0) is 18.2. The summed E-state index contributed by atoms with van der Waals surface area (Å²) in [5.41, 5.74) is 3.24. The van der Waals surface area contributed by atoms with Crippen molar-refractivity contribution in [2.45, 2.75) is 20.0 Å². The van der Waals surface area contributed by atoms with Crippen LogP contribution in [0.2, 0.25) is 0 Å². The van der Waals surface area contributed by atoms with Gasteiger partial charge >= 0.3 is 0 Å². The number of halogens is 2. The van der Waals surface area contributed by atoms with Crippen molar-refractivity contribution in [1.82, 2.24) is 5.43 Å². The van der Waals surface area contributed by atoms with E-state index in [1.807, 2.05) is 37.3 Å². The molecular weight excluding hydrogens is 452 g/mol. The van der Waals surface area contributed by atoms with Crippen LogP contribution in [-0.2, 0) is 4.79 Å². The van der Waals surface area contributed by atoms with Gasteiger partial charge in [0.05, 0.1) is 12.8 Å². The first-order chi connectivity index (χ1) is 12.0. The molecule has 25 heavy (non-hydrogen) atoms. The molecule has 1 amide bonds. The molecule has 5 nitrogen and oxygen atoms in total. The normalized spacial score (nSPS) is 12.0. The maximum absolute atomic E-state index is 12.1. The summed E-state index contributed by atoms with van der Waals surface area (Å²) in [6.45, 7) is 4.12. The van der Waals surface area contributed by atoms with Crippen LogP contribution in [0.4, 0.5) is 0 Å². The average Bonchev–Trinajstić information content (AvgIpc) is 2.59. The number of nitrogens with zero attached hydrogens (tertiary/aromatic N) is 1. The molecule has 2 aromatic rings. The van der Waals surface area contributed by atoms with Crippen molar-refractivity contribution in [2.75, 3.05) is 6.61 Å². The highest BCUT2D eigenvalue weighted by atomic mass is 79.9. The maximum Gasteiger partial charge on any atom is 0.280 e. The number of carbonyl (C=O) groups is 1. The van der Waals surface area contributed by atoms with Crippen LogP contribution in [0, 0.1) is 0 Å². The minimum Gasteiger partial charge on any atom is -0.493 e. The number of amides is 1. The number of hydrogen-bond acceptors (Lipinski definition) is 4. The molecule has 2 rings (SSSR count). The van der Waals surface area contributed by atoms with Crippen molar-refractivity contribution in [3.05, 3.63) is 57.0 Å². The van der Waals surface area contributed by atoms with Gasteiger partial charge in [-0.05, 0) is 56.3 Å². The van der Waals surface area contributed by atoms with Crippen LogP contribution in [0.1, 0.15) is 19.4 Å². The van der Waals surface area contributed by atoms with E-state index < -0.39 is 6.10 Å². The first-order valence-electron chi connectivity index (χ1n) is 7.67. The van der Waals surface area contributed by atoms with Gasteiger partial charge in [-0.25, -0.2) is 5.43 Å². The molecule has 0 radical (unpaired) electrons. The summed E-state index contributed by atoms with van der Waals surface area (Å²) < 4.78 is 13.0. The fraction of sp³-hybridized carbons (Fsp3) is 0.222. The molecule has 1 N–H and O–H groups in total. The van der Waals surface area contributed by atoms with Gasteiger partial charge < -0.3 is 9.47 Å². The van der Waals surface area contributed by atoms with Gasteiger partial charge in [-0.2, -0.15) is 5.10 Å². The SMILES string of the molecule is CCOc1ccc(Br)cc1C=NNC(=O)[C@H](C)Oc1ccc(Br)cc1. The first kappa shape index (κ1) is 19.5. The summed E-state index contributed by atoms with van der Waals surface area (Å²) in [6.07, 6.45) is 0.868. The minimum absolute atomic E-state index is 0.341. The monoisotopic (exact) mass is 468 g/mol.